The summed E-state index contributed by atoms with van der Waals surface area (Å²) in [7, 11) is 1.71. The molecule has 0 aliphatic rings. The predicted molar refractivity (Wildman–Crippen MR) is 61.7 cm³/mol. The van der Waals surface area contributed by atoms with Gasteiger partial charge in [-0.15, -0.1) is 0 Å². The van der Waals surface area contributed by atoms with E-state index in [0.29, 0.717) is 30.6 Å². The Labute approximate surface area is 99.2 Å². The number of hydrogen-bond donors (Lipinski definition) is 2. The molecule has 1 rings (SSSR count). The normalized spacial score (nSPS) is 9.88. The van der Waals surface area contributed by atoms with Gasteiger partial charge in [-0.1, -0.05) is 11.6 Å². The van der Waals surface area contributed by atoms with Crippen LogP contribution in [0.25, 0.3) is 0 Å². The van der Waals surface area contributed by atoms with Gasteiger partial charge in [0.05, 0.1) is 13.1 Å². The number of carbonyl (C=O) groups excluding carboxylic acids is 1. The Kier molecular flexibility index (Phi) is 5.60. The van der Waals surface area contributed by atoms with Crippen LogP contribution in [0.1, 0.15) is 0 Å². The summed E-state index contributed by atoms with van der Waals surface area (Å²) >= 11 is 5.83. The zero-order valence-corrected chi connectivity index (χ0v) is 9.75. The van der Waals surface area contributed by atoms with Crippen LogP contribution >= 0.6 is 11.6 Å². The number of likely N-dealkylation sites (N-methyl/N-ethyl adjacent to an activating group) is 1. The molecular formula is C10H14ClN3O2. The van der Waals surface area contributed by atoms with Crippen molar-refractivity contribution in [1.29, 1.82) is 0 Å². The van der Waals surface area contributed by atoms with Crippen LogP contribution in [0.3, 0.4) is 0 Å². The topological polar surface area (TPSA) is 63.2 Å². The minimum atomic E-state index is -0.0711. The van der Waals surface area contributed by atoms with E-state index in [2.05, 4.69) is 15.6 Å². The lowest BCUT2D eigenvalue weighted by atomic mass is 10.5. The molecule has 1 aromatic rings. The van der Waals surface area contributed by atoms with Crippen LogP contribution in [0.5, 0.6) is 5.88 Å². The Hall–Kier alpha value is -1.33. The van der Waals surface area contributed by atoms with Crippen molar-refractivity contribution in [1.82, 2.24) is 15.6 Å². The molecule has 5 nitrogen and oxygen atoms in total. The SMILES string of the molecule is CNCC(=O)NCCOc1ncccc1Cl. The lowest BCUT2D eigenvalue weighted by Gasteiger charge is -2.07. The molecule has 0 radical (unpaired) electrons. The average Bonchev–Trinajstić information content (AvgIpc) is 2.27. The van der Waals surface area contributed by atoms with E-state index in [1.807, 2.05) is 0 Å². The second-order valence-electron chi connectivity index (χ2n) is 3.02. The van der Waals surface area contributed by atoms with Gasteiger partial charge in [-0.25, -0.2) is 4.98 Å². The lowest BCUT2D eigenvalue weighted by Crippen LogP contribution is -2.34. The number of amides is 1. The highest BCUT2D eigenvalue weighted by Gasteiger charge is 2.02. The van der Waals surface area contributed by atoms with E-state index >= 15 is 0 Å². The van der Waals surface area contributed by atoms with Gasteiger partial charge in [0.2, 0.25) is 11.8 Å². The maximum absolute atomic E-state index is 11.1. The number of pyridine rings is 1. The van der Waals surface area contributed by atoms with E-state index in [1.165, 1.54) is 0 Å². The highest BCUT2D eigenvalue weighted by atomic mass is 35.5. The van der Waals surface area contributed by atoms with E-state index in [9.17, 15) is 4.79 Å². The smallest absolute Gasteiger partial charge is 0.234 e. The van der Waals surface area contributed by atoms with Crippen molar-refractivity contribution in [3.63, 3.8) is 0 Å². The molecular weight excluding hydrogens is 230 g/mol. The van der Waals surface area contributed by atoms with Gasteiger partial charge >= 0.3 is 0 Å². The molecule has 0 bridgehead atoms. The van der Waals surface area contributed by atoms with Crippen molar-refractivity contribution in [3.05, 3.63) is 23.4 Å². The summed E-state index contributed by atoms with van der Waals surface area (Å²) in [4.78, 5) is 15.0. The van der Waals surface area contributed by atoms with E-state index in [1.54, 1.807) is 25.4 Å². The molecule has 88 valence electrons. The largest absolute Gasteiger partial charge is 0.475 e. The maximum Gasteiger partial charge on any atom is 0.234 e. The Bertz CT molecular complexity index is 347. The van der Waals surface area contributed by atoms with Crippen LogP contribution in [-0.4, -0.2) is 37.6 Å². The van der Waals surface area contributed by atoms with Gasteiger partial charge in [0.25, 0.3) is 0 Å². The molecule has 0 aliphatic heterocycles. The molecule has 0 fully saturated rings. The lowest BCUT2D eigenvalue weighted by molar-refractivity contribution is -0.120. The quantitative estimate of drug-likeness (QED) is 0.712. The fourth-order valence-electron chi connectivity index (χ4n) is 1.04. The first-order valence-corrected chi connectivity index (χ1v) is 5.26. The average molecular weight is 244 g/mol. The molecule has 0 spiro atoms. The van der Waals surface area contributed by atoms with Gasteiger partial charge in [0, 0.05) is 6.20 Å². The molecule has 6 heteroatoms. The number of halogens is 1. The number of nitrogens with one attached hydrogen (secondary N) is 2. The molecule has 0 aromatic carbocycles. The van der Waals surface area contributed by atoms with Gasteiger partial charge < -0.3 is 15.4 Å². The minimum absolute atomic E-state index is 0.0711. The van der Waals surface area contributed by atoms with Crippen LogP contribution in [0, 0.1) is 0 Å². The van der Waals surface area contributed by atoms with Gasteiger partial charge in [0.1, 0.15) is 11.6 Å². The number of aromatic nitrogens is 1. The number of hydrogen-bond acceptors (Lipinski definition) is 4. The molecule has 0 aliphatic carbocycles. The summed E-state index contributed by atoms with van der Waals surface area (Å²) in [6.07, 6.45) is 1.60. The highest BCUT2D eigenvalue weighted by Crippen LogP contribution is 2.19. The minimum Gasteiger partial charge on any atom is -0.475 e. The standard InChI is InChI=1S/C10H14ClN3O2/c1-12-7-9(15)13-5-6-16-10-8(11)3-2-4-14-10/h2-4,12H,5-7H2,1H3,(H,13,15). The summed E-state index contributed by atoms with van der Waals surface area (Å²) in [5.41, 5.74) is 0. The van der Waals surface area contributed by atoms with E-state index in [-0.39, 0.29) is 5.91 Å². The molecule has 0 unspecified atom stereocenters. The van der Waals surface area contributed by atoms with Crippen molar-refractivity contribution in [3.8, 4) is 5.88 Å². The summed E-state index contributed by atoms with van der Waals surface area (Å²) in [6, 6.07) is 3.42. The first kappa shape index (κ1) is 12.7. The highest BCUT2D eigenvalue weighted by molar-refractivity contribution is 6.31. The van der Waals surface area contributed by atoms with Crippen molar-refractivity contribution in [2.24, 2.45) is 0 Å². The second kappa shape index (κ2) is 7.03. The summed E-state index contributed by atoms with van der Waals surface area (Å²) in [5.74, 6) is 0.310. The molecule has 0 atom stereocenters. The summed E-state index contributed by atoms with van der Waals surface area (Å²) < 4.78 is 5.29. The molecule has 1 aromatic heterocycles. The molecule has 0 saturated heterocycles. The Morgan fingerprint density at radius 3 is 3.12 bits per heavy atom. The molecule has 1 heterocycles. The van der Waals surface area contributed by atoms with E-state index < -0.39 is 0 Å². The van der Waals surface area contributed by atoms with Gasteiger partial charge in [0.15, 0.2) is 0 Å². The van der Waals surface area contributed by atoms with Gasteiger partial charge in [-0.2, -0.15) is 0 Å². The Morgan fingerprint density at radius 1 is 1.62 bits per heavy atom. The Morgan fingerprint density at radius 2 is 2.44 bits per heavy atom. The summed E-state index contributed by atoms with van der Waals surface area (Å²) in [6.45, 7) is 1.06. The number of carbonyl (C=O) groups is 1. The van der Waals surface area contributed by atoms with Crippen LogP contribution in [-0.2, 0) is 4.79 Å². The van der Waals surface area contributed by atoms with Crippen LogP contribution in [0.4, 0.5) is 0 Å². The first-order chi connectivity index (χ1) is 7.74. The third kappa shape index (κ3) is 4.46. The fourth-order valence-corrected chi connectivity index (χ4v) is 1.21. The van der Waals surface area contributed by atoms with Gasteiger partial charge in [-0.3, -0.25) is 4.79 Å². The number of rotatable bonds is 6. The second-order valence-corrected chi connectivity index (χ2v) is 3.43. The third-order valence-corrected chi connectivity index (χ3v) is 2.01. The van der Waals surface area contributed by atoms with Crippen molar-refractivity contribution in [2.75, 3.05) is 26.7 Å². The molecule has 16 heavy (non-hydrogen) atoms. The van der Waals surface area contributed by atoms with E-state index in [4.69, 9.17) is 16.3 Å². The number of ether oxygens (including phenoxy) is 1. The molecule has 0 saturated carbocycles. The van der Waals surface area contributed by atoms with Crippen molar-refractivity contribution in [2.45, 2.75) is 0 Å². The summed E-state index contributed by atoms with van der Waals surface area (Å²) in [5, 5.41) is 5.89. The number of nitrogens with zero attached hydrogens (tertiary/aromatic N) is 1. The van der Waals surface area contributed by atoms with E-state index in [0.717, 1.165) is 0 Å². The molecule has 2 N–H and O–H groups in total. The van der Waals surface area contributed by atoms with Crippen LogP contribution in [0.2, 0.25) is 5.02 Å². The van der Waals surface area contributed by atoms with Crippen molar-refractivity contribution < 1.29 is 9.53 Å². The Balaban J connectivity index is 2.21. The third-order valence-electron chi connectivity index (χ3n) is 1.73. The first-order valence-electron chi connectivity index (χ1n) is 4.88. The molecule has 1 amide bonds. The van der Waals surface area contributed by atoms with Crippen molar-refractivity contribution >= 4 is 17.5 Å². The van der Waals surface area contributed by atoms with Crippen LogP contribution < -0.4 is 15.4 Å². The fraction of sp³-hybridized carbons (Fsp3) is 0.400. The van der Waals surface area contributed by atoms with Gasteiger partial charge in [-0.05, 0) is 19.2 Å². The predicted octanol–water partition coefficient (Wildman–Crippen LogP) is 0.449. The zero-order valence-electron chi connectivity index (χ0n) is 9.00. The van der Waals surface area contributed by atoms with Crippen LogP contribution in [0.15, 0.2) is 18.3 Å². The monoisotopic (exact) mass is 243 g/mol. The maximum atomic E-state index is 11.1. The zero-order chi connectivity index (χ0) is 11.8.